The van der Waals surface area contributed by atoms with Crippen molar-refractivity contribution in [2.24, 2.45) is 0 Å². The number of unbranched alkanes of at least 4 members (excludes halogenated alkanes) is 1. The Hall–Kier alpha value is -0.630. The molecule has 0 aromatic carbocycles. The molecule has 4 heteroatoms. The van der Waals surface area contributed by atoms with Crippen LogP contribution in [0.2, 0.25) is 0 Å². The molecule has 0 radical (unpaired) electrons. The van der Waals surface area contributed by atoms with Crippen molar-refractivity contribution in [3.63, 3.8) is 0 Å². The van der Waals surface area contributed by atoms with Gasteiger partial charge >= 0.3 is 0 Å². The maximum Gasteiger partial charge on any atom is 0.103 e. The van der Waals surface area contributed by atoms with Gasteiger partial charge in [-0.2, -0.15) is 5.26 Å². The molecule has 1 unspecified atom stereocenters. The van der Waals surface area contributed by atoms with E-state index in [2.05, 4.69) is 30.1 Å². The average Bonchev–Trinajstić information content (AvgIpc) is 2.37. The van der Waals surface area contributed by atoms with Gasteiger partial charge in [-0.25, -0.2) is 0 Å². The zero-order valence-electron chi connectivity index (χ0n) is 13.3. The second-order valence-electron chi connectivity index (χ2n) is 5.55. The molecular formula is C15H31N3O. The lowest BCUT2D eigenvalue weighted by Crippen LogP contribution is -2.41. The number of hydrogen-bond acceptors (Lipinski definition) is 4. The SMILES string of the molecule is CCNC(C)(C#N)CCCCN(CCOC)C(C)C. The fourth-order valence-corrected chi connectivity index (χ4v) is 2.20. The van der Waals surface area contributed by atoms with Gasteiger partial charge in [0, 0.05) is 19.7 Å². The number of nitriles is 1. The second kappa shape index (κ2) is 10.2. The van der Waals surface area contributed by atoms with E-state index < -0.39 is 0 Å². The minimum Gasteiger partial charge on any atom is -0.383 e. The molecule has 1 N–H and O–H groups in total. The van der Waals surface area contributed by atoms with E-state index in [0.29, 0.717) is 6.04 Å². The van der Waals surface area contributed by atoms with E-state index in [9.17, 15) is 5.26 Å². The van der Waals surface area contributed by atoms with Crippen LogP contribution in [0.15, 0.2) is 0 Å². The molecule has 0 aliphatic heterocycles. The summed E-state index contributed by atoms with van der Waals surface area (Å²) in [5.41, 5.74) is -0.371. The molecule has 19 heavy (non-hydrogen) atoms. The predicted octanol–water partition coefficient (Wildman–Crippen LogP) is 2.41. The average molecular weight is 269 g/mol. The summed E-state index contributed by atoms with van der Waals surface area (Å²) in [6.45, 7) is 12.1. The van der Waals surface area contributed by atoms with Crippen molar-refractivity contribution in [1.29, 1.82) is 5.26 Å². The van der Waals surface area contributed by atoms with Crippen molar-refractivity contribution in [3.05, 3.63) is 0 Å². The van der Waals surface area contributed by atoms with Crippen LogP contribution in [-0.4, -0.2) is 49.8 Å². The van der Waals surface area contributed by atoms with Gasteiger partial charge in [0.25, 0.3) is 0 Å². The molecule has 0 aromatic rings. The smallest absolute Gasteiger partial charge is 0.103 e. The van der Waals surface area contributed by atoms with E-state index >= 15 is 0 Å². The minimum absolute atomic E-state index is 0.371. The Labute approximate surface area is 119 Å². The third kappa shape index (κ3) is 8.20. The van der Waals surface area contributed by atoms with Crippen LogP contribution in [-0.2, 0) is 4.74 Å². The van der Waals surface area contributed by atoms with Crippen LogP contribution in [0.25, 0.3) is 0 Å². The second-order valence-corrected chi connectivity index (χ2v) is 5.55. The van der Waals surface area contributed by atoms with Gasteiger partial charge < -0.3 is 4.74 Å². The van der Waals surface area contributed by atoms with E-state index in [-0.39, 0.29) is 5.54 Å². The number of nitrogens with one attached hydrogen (secondary N) is 1. The molecule has 0 rings (SSSR count). The van der Waals surface area contributed by atoms with E-state index in [1.807, 2.05) is 13.8 Å². The minimum atomic E-state index is -0.371. The summed E-state index contributed by atoms with van der Waals surface area (Å²) in [5.74, 6) is 0. The number of ether oxygens (including phenoxy) is 1. The molecule has 1 atom stereocenters. The fourth-order valence-electron chi connectivity index (χ4n) is 2.20. The lowest BCUT2D eigenvalue weighted by Gasteiger charge is -2.27. The van der Waals surface area contributed by atoms with E-state index in [1.54, 1.807) is 7.11 Å². The molecule has 0 bridgehead atoms. The van der Waals surface area contributed by atoms with Gasteiger partial charge in [0.1, 0.15) is 5.54 Å². The third-order valence-electron chi connectivity index (χ3n) is 3.50. The van der Waals surface area contributed by atoms with Crippen LogP contribution in [0.5, 0.6) is 0 Å². The monoisotopic (exact) mass is 269 g/mol. The van der Waals surface area contributed by atoms with E-state index in [4.69, 9.17) is 4.74 Å². The first-order valence-corrected chi connectivity index (χ1v) is 7.38. The summed E-state index contributed by atoms with van der Waals surface area (Å²) in [7, 11) is 1.74. The van der Waals surface area contributed by atoms with Gasteiger partial charge in [-0.15, -0.1) is 0 Å². The fraction of sp³-hybridized carbons (Fsp3) is 0.933. The topological polar surface area (TPSA) is 48.3 Å². The number of nitrogens with zero attached hydrogens (tertiary/aromatic N) is 2. The van der Waals surface area contributed by atoms with Crippen LogP contribution in [0, 0.1) is 11.3 Å². The molecule has 0 aliphatic carbocycles. The Bertz CT molecular complexity index is 263. The van der Waals surface area contributed by atoms with Crippen LogP contribution in [0.1, 0.15) is 47.0 Å². The van der Waals surface area contributed by atoms with Gasteiger partial charge in [0.05, 0.1) is 12.7 Å². The van der Waals surface area contributed by atoms with Crippen LogP contribution >= 0.6 is 0 Å². The summed E-state index contributed by atoms with van der Waals surface area (Å²) in [5, 5.41) is 12.4. The molecule has 112 valence electrons. The van der Waals surface area contributed by atoms with Gasteiger partial charge in [-0.05, 0) is 53.1 Å². The highest BCUT2D eigenvalue weighted by Gasteiger charge is 2.21. The molecule has 0 amide bonds. The van der Waals surface area contributed by atoms with Crippen molar-refractivity contribution in [2.75, 3.05) is 33.4 Å². The third-order valence-corrected chi connectivity index (χ3v) is 3.50. The van der Waals surface area contributed by atoms with Crippen LogP contribution in [0.4, 0.5) is 0 Å². The molecule has 0 aliphatic rings. The Balaban J connectivity index is 3.96. The molecule has 4 nitrogen and oxygen atoms in total. The summed E-state index contributed by atoms with van der Waals surface area (Å²) in [6, 6.07) is 2.93. The number of rotatable bonds is 11. The van der Waals surface area contributed by atoms with Crippen molar-refractivity contribution in [3.8, 4) is 6.07 Å². The number of hydrogen-bond donors (Lipinski definition) is 1. The molecule has 0 saturated heterocycles. The Morgan fingerprint density at radius 3 is 2.47 bits per heavy atom. The highest BCUT2D eigenvalue weighted by atomic mass is 16.5. The van der Waals surface area contributed by atoms with E-state index in [1.165, 1.54) is 0 Å². The lowest BCUT2D eigenvalue weighted by molar-refractivity contribution is 0.127. The first kappa shape index (κ1) is 18.4. The van der Waals surface area contributed by atoms with Crippen LogP contribution in [0.3, 0.4) is 0 Å². The van der Waals surface area contributed by atoms with Crippen molar-refractivity contribution >= 4 is 0 Å². The Morgan fingerprint density at radius 1 is 1.32 bits per heavy atom. The van der Waals surface area contributed by atoms with Crippen molar-refractivity contribution in [2.45, 2.75) is 58.5 Å². The highest BCUT2D eigenvalue weighted by molar-refractivity contribution is 5.03. The number of methoxy groups -OCH3 is 1. The first-order valence-electron chi connectivity index (χ1n) is 7.38. The van der Waals surface area contributed by atoms with Gasteiger partial charge in [0.2, 0.25) is 0 Å². The Morgan fingerprint density at radius 2 is 2.00 bits per heavy atom. The quantitative estimate of drug-likeness (QED) is 0.585. The van der Waals surface area contributed by atoms with Gasteiger partial charge in [-0.1, -0.05) is 6.92 Å². The van der Waals surface area contributed by atoms with Crippen molar-refractivity contribution in [1.82, 2.24) is 10.2 Å². The maximum absolute atomic E-state index is 9.19. The van der Waals surface area contributed by atoms with Crippen molar-refractivity contribution < 1.29 is 4.74 Å². The molecule has 0 aromatic heterocycles. The zero-order chi connectivity index (χ0) is 14.7. The lowest BCUT2D eigenvalue weighted by atomic mass is 9.96. The standard InChI is InChI=1S/C15H31N3O/c1-6-17-15(4,13-16)9-7-8-10-18(14(2)3)11-12-19-5/h14,17H,6-12H2,1-5H3. The van der Waals surface area contributed by atoms with Crippen LogP contribution < -0.4 is 5.32 Å². The molecular weight excluding hydrogens is 238 g/mol. The largest absolute Gasteiger partial charge is 0.383 e. The Kier molecular flexibility index (Phi) is 9.85. The predicted molar refractivity (Wildman–Crippen MR) is 80.1 cm³/mol. The molecule has 0 saturated carbocycles. The maximum atomic E-state index is 9.19. The zero-order valence-corrected chi connectivity index (χ0v) is 13.3. The molecule has 0 fully saturated rings. The van der Waals surface area contributed by atoms with E-state index in [0.717, 1.165) is 45.5 Å². The van der Waals surface area contributed by atoms with Gasteiger partial charge in [-0.3, -0.25) is 10.2 Å². The van der Waals surface area contributed by atoms with Gasteiger partial charge in [0.15, 0.2) is 0 Å². The summed E-state index contributed by atoms with van der Waals surface area (Å²) < 4.78 is 5.14. The summed E-state index contributed by atoms with van der Waals surface area (Å²) in [6.07, 6.45) is 3.12. The highest BCUT2D eigenvalue weighted by Crippen LogP contribution is 2.13. The molecule has 0 heterocycles. The summed E-state index contributed by atoms with van der Waals surface area (Å²) >= 11 is 0. The summed E-state index contributed by atoms with van der Waals surface area (Å²) in [4.78, 5) is 2.43. The first-order chi connectivity index (χ1) is 8.99. The normalized spacial score (nSPS) is 14.6. The molecule has 0 spiro atoms.